The second kappa shape index (κ2) is 6.02. The molecule has 1 fully saturated rings. The van der Waals surface area contributed by atoms with Crippen LogP contribution in [-0.4, -0.2) is 33.7 Å². The van der Waals surface area contributed by atoms with Gasteiger partial charge in [0.25, 0.3) is 0 Å². The maximum absolute atomic E-state index is 11.8. The zero-order valence-electron chi connectivity index (χ0n) is 11.5. The summed E-state index contributed by atoms with van der Waals surface area (Å²) in [6.45, 7) is 1.91. The fourth-order valence-corrected chi connectivity index (χ4v) is 2.54. The lowest BCUT2D eigenvalue weighted by molar-refractivity contribution is -0.148. The molecule has 7 nitrogen and oxygen atoms in total. The summed E-state index contributed by atoms with van der Waals surface area (Å²) in [6, 6.07) is 0. The highest BCUT2D eigenvalue weighted by Gasteiger charge is 2.41. The van der Waals surface area contributed by atoms with Crippen molar-refractivity contribution in [2.45, 2.75) is 45.4 Å². The van der Waals surface area contributed by atoms with E-state index >= 15 is 0 Å². The van der Waals surface area contributed by atoms with Gasteiger partial charge >= 0.3 is 5.97 Å². The standard InChI is InChI=1S/C13H19N3O4/c1-9-15-11(20-16-9)5-4-10(17)14-8-13(12(18)19)6-2-3-7-13/h2-8H2,1H3,(H,14,17)(H,18,19). The minimum absolute atomic E-state index is 0.187. The van der Waals surface area contributed by atoms with Crippen LogP contribution in [0.4, 0.5) is 0 Å². The number of nitrogens with zero attached hydrogens (tertiary/aromatic N) is 2. The molecule has 7 heteroatoms. The molecule has 2 N–H and O–H groups in total. The molecule has 0 aliphatic heterocycles. The number of carboxylic acids is 1. The number of nitrogens with one attached hydrogen (secondary N) is 1. The molecular formula is C13H19N3O4. The largest absolute Gasteiger partial charge is 0.481 e. The molecule has 1 aliphatic carbocycles. The third-order valence-corrected chi connectivity index (χ3v) is 3.77. The van der Waals surface area contributed by atoms with E-state index in [2.05, 4.69) is 15.5 Å². The van der Waals surface area contributed by atoms with E-state index in [4.69, 9.17) is 4.52 Å². The van der Waals surface area contributed by atoms with Gasteiger partial charge in [0, 0.05) is 19.4 Å². The number of rotatable bonds is 6. The first-order valence-corrected chi connectivity index (χ1v) is 6.81. The minimum atomic E-state index is -0.817. The summed E-state index contributed by atoms with van der Waals surface area (Å²) in [5.74, 6) is -0.0427. The van der Waals surface area contributed by atoms with Crippen molar-refractivity contribution >= 4 is 11.9 Å². The second-order valence-corrected chi connectivity index (χ2v) is 5.30. The van der Waals surface area contributed by atoms with E-state index in [-0.39, 0.29) is 18.9 Å². The molecule has 110 valence electrons. The van der Waals surface area contributed by atoms with Gasteiger partial charge in [-0.15, -0.1) is 0 Å². The molecule has 1 amide bonds. The highest BCUT2D eigenvalue weighted by atomic mass is 16.5. The van der Waals surface area contributed by atoms with Gasteiger partial charge in [-0.3, -0.25) is 9.59 Å². The molecule has 1 saturated carbocycles. The van der Waals surface area contributed by atoms with Gasteiger partial charge in [-0.2, -0.15) is 4.98 Å². The summed E-state index contributed by atoms with van der Waals surface area (Å²) in [6.07, 6.45) is 3.66. The number of hydrogen-bond acceptors (Lipinski definition) is 5. The topological polar surface area (TPSA) is 105 Å². The Morgan fingerprint density at radius 3 is 2.65 bits per heavy atom. The van der Waals surface area contributed by atoms with Crippen LogP contribution in [0.15, 0.2) is 4.52 Å². The van der Waals surface area contributed by atoms with Crippen molar-refractivity contribution in [2.75, 3.05) is 6.54 Å². The van der Waals surface area contributed by atoms with E-state index in [9.17, 15) is 14.7 Å². The molecular weight excluding hydrogens is 262 g/mol. The first-order chi connectivity index (χ1) is 9.52. The molecule has 1 aromatic rings. The zero-order chi connectivity index (χ0) is 14.6. The number of carboxylic acid groups (broad SMARTS) is 1. The third-order valence-electron chi connectivity index (χ3n) is 3.77. The van der Waals surface area contributed by atoms with E-state index in [1.54, 1.807) is 6.92 Å². The van der Waals surface area contributed by atoms with Crippen molar-refractivity contribution in [2.24, 2.45) is 5.41 Å². The molecule has 1 aliphatic rings. The second-order valence-electron chi connectivity index (χ2n) is 5.30. The van der Waals surface area contributed by atoms with Gasteiger partial charge in [-0.05, 0) is 19.8 Å². The van der Waals surface area contributed by atoms with Crippen LogP contribution in [0.5, 0.6) is 0 Å². The van der Waals surface area contributed by atoms with Crippen LogP contribution in [0.3, 0.4) is 0 Å². The summed E-state index contributed by atoms with van der Waals surface area (Å²) in [5.41, 5.74) is -0.781. The van der Waals surface area contributed by atoms with Crippen molar-refractivity contribution in [1.29, 1.82) is 0 Å². The van der Waals surface area contributed by atoms with Gasteiger partial charge < -0.3 is 14.9 Å². The number of hydrogen-bond donors (Lipinski definition) is 2. The van der Waals surface area contributed by atoms with Crippen LogP contribution in [0.1, 0.15) is 43.8 Å². The van der Waals surface area contributed by atoms with Crippen LogP contribution in [0.25, 0.3) is 0 Å². The number of aromatic nitrogens is 2. The monoisotopic (exact) mass is 281 g/mol. The van der Waals surface area contributed by atoms with E-state index in [0.29, 0.717) is 31.0 Å². The van der Waals surface area contributed by atoms with Gasteiger partial charge in [0.1, 0.15) is 0 Å². The van der Waals surface area contributed by atoms with Gasteiger partial charge in [-0.25, -0.2) is 0 Å². The lowest BCUT2D eigenvalue weighted by Gasteiger charge is -2.23. The van der Waals surface area contributed by atoms with Crippen LogP contribution in [-0.2, 0) is 16.0 Å². The number of aryl methyl sites for hydroxylation is 2. The van der Waals surface area contributed by atoms with Crippen molar-refractivity contribution in [1.82, 2.24) is 15.5 Å². The molecule has 1 heterocycles. The Hall–Kier alpha value is -1.92. The van der Waals surface area contributed by atoms with Gasteiger partial charge in [0.05, 0.1) is 5.41 Å². The van der Waals surface area contributed by atoms with E-state index in [1.807, 2.05) is 0 Å². The fraction of sp³-hybridized carbons (Fsp3) is 0.692. The first-order valence-electron chi connectivity index (χ1n) is 6.81. The number of carbonyl (C=O) groups excluding carboxylic acids is 1. The molecule has 2 rings (SSSR count). The fourth-order valence-electron chi connectivity index (χ4n) is 2.54. The molecule has 20 heavy (non-hydrogen) atoms. The lowest BCUT2D eigenvalue weighted by atomic mass is 9.86. The molecule has 0 radical (unpaired) electrons. The van der Waals surface area contributed by atoms with Crippen molar-refractivity contribution in [3.05, 3.63) is 11.7 Å². The van der Waals surface area contributed by atoms with E-state index in [1.165, 1.54) is 0 Å². The normalized spacial score (nSPS) is 17.1. The molecule has 0 atom stereocenters. The summed E-state index contributed by atoms with van der Waals surface area (Å²) in [5, 5.41) is 15.7. The van der Waals surface area contributed by atoms with Crippen LogP contribution >= 0.6 is 0 Å². The zero-order valence-corrected chi connectivity index (χ0v) is 11.5. The van der Waals surface area contributed by atoms with Gasteiger partial charge in [0.2, 0.25) is 11.8 Å². The van der Waals surface area contributed by atoms with Crippen molar-refractivity contribution in [3.63, 3.8) is 0 Å². The van der Waals surface area contributed by atoms with Crippen molar-refractivity contribution < 1.29 is 19.2 Å². The molecule has 0 saturated heterocycles. The summed E-state index contributed by atoms with van der Waals surface area (Å²) < 4.78 is 4.92. The molecule has 0 aromatic carbocycles. The highest BCUT2D eigenvalue weighted by Crippen LogP contribution is 2.37. The predicted molar refractivity (Wildman–Crippen MR) is 68.9 cm³/mol. The quantitative estimate of drug-likeness (QED) is 0.808. The Labute approximate surface area is 116 Å². The Morgan fingerprint density at radius 2 is 2.10 bits per heavy atom. The number of carbonyl (C=O) groups is 2. The summed E-state index contributed by atoms with van der Waals surface area (Å²) >= 11 is 0. The Bertz CT molecular complexity index is 492. The molecule has 0 spiro atoms. The Balaban J connectivity index is 1.78. The van der Waals surface area contributed by atoms with Crippen LogP contribution in [0, 0.1) is 12.3 Å². The van der Waals surface area contributed by atoms with Gasteiger partial charge in [0.15, 0.2) is 5.82 Å². The third kappa shape index (κ3) is 3.34. The summed E-state index contributed by atoms with van der Waals surface area (Å²) in [4.78, 5) is 27.1. The van der Waals surface area contributed by atoms with E-state index in [0.717, 1.165) is 12.8 Å². The SMILES string of the molecule is Cc1noc(CCC(=O)NCC2(C(=O)O)CCCC2)n1. The lowest BCUT2D eigenvalue weighted by Crippen LogP contribution is -2.41. The number of aliphatic carboxylic acids is 1. The minimum Gasteiger partial charge on any atom is -0.481 e. The molecule has 0 bridgehead atoms. The van der Waals surface area contributed by atoms with Crippen LogP contribution in [0.2, 0.25) is 0 Å². The first kappa shape index (κ1) is 14.5. The van der Waals surface area contributed by atoms with Gasteiger partial charge in [-0.1, -0.05) is 18.0 Å². The molecule has 1 aromatic heterocycles. The van der Waals surface area contributed by atoms with Crippen LogP contribution < -0.4 is 5.32 Å². The highest BCUT2D eigenvalue weighted by molar-refractivity contribution is 5.79. The average Bonchev–Trinajstić information content (AvgIpc) is 3.03. The number of amides is 1. The maximum Gasteiger partial charge on any atom is 0.311 e. The van der Waals surface area contributed by atoms with Crippen molar-refractivity contribution in [3.8, 4) is 0 Å². The Kier molecular flexibility index (Phi) is 4.36. The van der Waals surface area contributed by atoms with E-state index < -0.39 is 11.4 Å². The predicted octanol–water partition coefficient (Wildman–Crippen LogP) is 1.07. The summed E-state index contributed by atoms with van der Waals surface area (Å²) in [7, 11) is 0. The smallest absolute Gasteiger partial charge is 0.311 e. The maximum atomic E-state index is 11.8. The molecule has 0 unspecified atom stereocenters. The Morgan fingerprint density at radius 1 is 1.40 bits per heavy atom. The average molecular weight is 281 g/mol.